The van der Waals surface area contributed by atoms with Crippen LogP contribution in [0.25, 0.3) is 0 Å². The molecule has 2 N–H and O–H groups in total. The van der Waals surface area contributed by atoms with E-state index < -0.39 is 0 Å². The highest BCUT2D eigenvalue weighted by Gasteiger charge is 2.24. The number of amides is 1. The fourth-order valence-corrected chi connectivity index (χ4v) is 1.92. The van der Waals surface area contributed by atoms with Crippen LogP contribution in [0.1, 0.15) is 33.6 Å². The van der Waals surface area contributed by atoms with Crippen molar-refractivity contribution < 1.29 is 4.79 Å². The molecule has 0 aromatic heterocycles. The number of rotatable bonds is 5. The van der Waals surface area contributed by atoms with Crippen molar-refractivity contribution in [1.29, 1.82) is 0 Å². The second-order valence-corrected chi connectivity index (χ2v) is 5.30. The Morgan fingerprint density at radius 1 is 1.50 bits per heavy atom. The van der Waals surface area contributed by atoms with E-state index in [2.05, 4.69) is 36.3 Å². The monoisotopic (exact) mass is 227 g/mol. The van der Waals surface area contributed by atoms with Crippen LogP contribution < -0.4 is 10.6 Å². The van der Waals surface area contributed by atoms with Crippen LogP contribution in [0.3, 0.4) is 0 Å². The van der Waals surface area contributed by atoms with E-state index in [9.17, 15) is 4.79 Å². The zero-order valence-electron chi connectivity index (χ0n) is 11.0. The molecule has 1 unspecified atom stereocenters. The molecule has 16 heavy (non-hydrogen) atoms. The fourth-order valence-electron chi connectivity index (χ4n) is 1.92. The van der Waals surface area contributed by atoms with Crippen LogP contribution in [0.15, 0.2) is 0 Å². The summed E-state index contributed by atoms with van der Waals surface area (Å²) < 4.78 is 0. The van der Waals surface area contributed by atoms with Crippen LogP contribution in [0.5, 0.6) is 0 Å². The van der Waals surface area contributed by atoms with Crippen molar-refractivity contribution in [2.75, 3.05) is 26.7 Å². The summed E-state index contributed by atoms with van der Waals surface area (Å²) in [6.45, 7) is 8.74. The Morgan fingerprint density at radius 3 is 2.69 bits per heavy atom. The number of likely N-dealkylation sites (N-methyl/N-ethyl adjacent to an activating group) is 1. The van der Waals surface area contributed by atoms with Crippen molar-refractivity contribution in [1.82, 2.24) is 15.5 Å². The van der Waals surface area contributed by atoms with Gasteiger partial charge in [0.2, 0.25) is 5.91 Å². The van der Waals surface area contributed by atoms with E-state index in [0.29, 0.717) is 12.6 Å². The Morgan fingerprint density at radius 2 is 2.19 bits per heavy atom. The lowest BCUT2D eigenvalue weighted by atomic mass is 10.0. The molecule has 94 valence electrons. The minimum absolute atomic E-state index is 0.0841. The SMILES string of the molecule is CCC(C)(C)NC(=O)CN1CCC(NC)C1. The van der Waals surface area contributed by atoms with Crippen LogP contribution in [-0.4, -0.2) is 49.1 Å². The number of carbonyl (C=O) groups is 1. The molecule has 0 saturated carbocycles. The van der Waals surface area contributed by atoms with Crippen molar-refractivity contribution in [3.8, 4) is 0 Å². The van der Waals surface area contributed by atoms with Gasteiger partial charge in [-0.25, -0.2) is 0 Å². The largest absolute Gasteiger partial charge is 0.350 e. The molecule has 1 heterocycles. The van der Waals surface area contributed by atoms with Gasteiger partial charge in [-0.1, -0.05) is 6.92 Å². The van der Waals surface area contributed by atoms with E-state index in [1.807, 2.05) is 7.05 Å². The molecule has 1 rings (SSSR count). The number of carbonyl (C=O) groups excluding carboxylic acids is 1. The van der Waals surface area contributed by atoms with Gasteiger partial charge in [-0.05, 0) is 33.7 Å². The Bertz CT molecular complexity index is 240. The van der Waals surface area contributed by atoms with E-state index in [1.165, 1.54) is 0 Å². The van der Waals surface area contributed by atoms with E-state index in [4.69, 9.17) is 0 Å². The summed E-state index contributed by atoms with van der Waals surface area (Å²) in [4.78, 5) is 14.0. The minimum Gasteiger partial charge on any atom is -0.350 e. The third-order valence-corrected chi connectivity index (χ3v) is 3.41. The second kappa shape index (κ2) is 5.64. The number of nitrogens with one attached hydrogen (secondary N) is 2. The average molecular weight is 227 g/mol. The third-order valence-electron chi connectivity index (χ3n) is 3.41. The van der Waals surface area contributed by atoms with Crippen LogP contribution in [0.2, 0.25) is 0 Å². The number of hydrogen-bond acceptors (Lipinski definition) is 3. The lowest BCUT2D eigenvalue weighted by Gasteiger charge is -2.26. The molecule has 0 bridgehead atoms. The van der Waals surface area contributed by atoms with Gasteiger partial charge in [0.15, 0.2) is 0 Å². The van der Waals surface area contributed by atoms with Gasteiger partial charge in [0, 0.05) is 24.7 Å². The predicted molar refractivity (Wildman–Crippen MR) is 66.4 cm³/mol. The molecule has 0 aliphatic carbocycles. The Hall–Kier alpha value is -0.610. The highest BCUT2D eigenvalue weighted by atomic mass is 16.2. The third kappa shape index (κ3) is 4.10. The lowest BCUT2D eigenvalue weighted by Crippen LogP contribution is -2.47. The first-order chi connectivity index (χ1) is 7.46. The molecule has 0 spiro atoms. The van der Waals surface area contributed by atoms with E-state index in [-0.39, 0.29) is 11.4 Å². The first-order valence-corrected chi connectivity index (χ1v) is 6.17. The average Bonchev–Trinajstić information content (AvgIpc) is 2.64. The normalized spacial score (nSPS) is 22.4. The molecule has 1 saturated heterocycles. The van der Waals surface area contributed by atoms with Gasteiger partial charge < -0.3 is 10.6 Å². The molecule has 1 amide bonds. The van der Waals surface area contributed by atoms with Gasteiger partial charge in [-0.3, -0.25) is 9.69 Å². The van der Waals surface area contributed by atoms with Gasteiger partial charge in [0.25, 0.3) is 0 Å². The smallest absolute Gasteiger partial charge is 0.234 e. The summed E-state index contributed by atoms with van der Waals surface area (Å²) >= 11 is 0. The summed E-state index contributed by atoms with van der Waals surface area (Å²) in [6, 6.07) is 0.548. The molecule has 0 aromatic carbocycles. The number of hydrogen-bond donors (Lipinski definition) is 2. The molecular weight excluding hydrogens is 202 g/mol. The molecule has 1 aliphatic heterocycles. The fraction of sp³-hybridized carbons (Fsp3) is 0.917. The number of likely N-dealkylation sites (tertiary alicyclic amines) is 1. The zero-order valence-corrected chi connectivity index (χ0v) is 11.0. The molecule has 1 fully saturated rings. The van der Waals surface area contributed by atoms with E-state index in [0.717, 1.165) is 25.9 Å². The summed E-state index contributed by atoms with van der Waals surface area (Å²) in [7, 11) is 1.98. The maximum Gasteiger partial charge on any atom is 0.234 e. The lowest BCUT2D eigenvalue weighted by molar-refractivity contribution is -0.123. The molecule has 4 nitrogen and oxygen atoms in total. The maximum atomic E-state index is 11.8. The van der Waals surface area contributed by atoms with Crippen molar-refractivity contribution in [2.45, 2.75) is 45.2 Å². The van der Waals surface area contributed by atoms with Crippen LogP contribution in [0.4, 0.5) is 0 Å². The first-order valence-electron chi connectivity index (χ1n) is 6.17. The minimum atomic E-state index is -0.0841. The van der Waals surface area contributed by atoms with Gasteiger partial charge in [0.1, 0.15) is 0 Å². The molecule has 1 aliphatic rings. The number of nitrogens with zero attached hydrogens (tertiary/aromatic N) is 1. The summed E-state index contributed by atoms with van der Waals surface area (Å²) in [5.41, 5.74) is -0.0841. The van der Waals surface area contributed by atoms with Gasteiger partial charge in [-0.2, -0.15) is 0 Å². The van der Waals surface area contributed by atoms with Crippen molar-refractivity contribution in [3.05, 3.63) is 0 Å². The van der Waals surface area contributed by atoms with E-state index >= 15 is 0 Å². The standard InChI is InChI=1S/C12H25N3O/c1-5-12(2,3)14-11(16)9-15-7-6-10(8-15)13-4/h10,13H,5-9H2,1-4H3,(H,14,16). The highest BCUT2D eigenvalue weighted by molar-refractivity contribution is 5.78. The maximum absolute atomic E-state index is 11.8. The molecule has 0 radical (unpaired) electrons. The first kappa shape index (κ1) is 13.5. The summed E-state index contributed by atoms with van der Waals surface area (Å²) in [6.07, 6.45) is 2.10. The van der Waals surface area contributed by atoms with Crippen molar-refractivity contribution in [3.63, 3.8) is 0 Å². The molecule has 0 aromatic rings. The molecular formula is C12H25N3O. The molecule has 1 atom stereocenters. The quantitative estimate of drug-likeness (QED) is 0.722. The van der Waals surface area contributed by atoms with Crippen LogP contribution in [0, 0.1) is 0 Å². The van der Waals surface area contributed by atoms with Gasteiger partial charge in [-0.15, -0.1) is 0 Å². The Balaban J connectivity index is 2.30. The zero-order chi connectivity index (χ0) is 12.2. The Labute approximate surface area is 98.8 Å². The van der Waals surface area contributed by atoms with Gasteiger partial charge in [0.05, 0.1) is 6.54 Å². The Kier molecular flexibility index (Phi) is 4.74. The van der Waals surface area contributed by atoms with Crippen molar-refractivity contribution >= 4 is 5.91 Å². The predicted octanol–water partition coefficient (Wildman–Crippen LogP) is 0.585. The summed E-state index contributed by atoms with van der Waals surface area (Å²) in [5, 5.41) is 6.32. The highest BCUT2D eigenvalue weighted by Crippen LogP contribution is 2.10. The topological polar surface area (TPSA) is 44.4 Å². The van der Waals surface area contributed by atoms with Crippen molar-refractivity contribution in [2.24, 2.45) is 0 Å². The van der Waals surface area contributed by atoms with Crippen LogP contribution in [-0.2, 0) is 4.79 Å². The van der Waals surface area contributed by atoms with Gasteiger partial charge >= 0.3 is 0 Å². The second-order valence-electron chi connectivity index (χ2n) is 5.30. The van der Waals surface area contributed by atoms with Crippen LogP contribution >= 0.6 is 0 Å². The summed E-state index contributed by atoms with van der Waals surface area (Å²) in [5.74, 6) is 0.142. The van der Waals surface area contributed by atoms with E-state index in [1.54, 1.807) is 0 Å². The molecule has 4 heteroatoms.